The van der Waals surface area contributed by atoms with Crippen LogP contribution >= 0.6 is 23.4 Å². The van der Waals surface area contributed by atoms with E-state index in [1.165, 1.54) is 28.8 Å². The van der Waals surface area contributed by atoms with Gasteiger partial charge in [-0.3, -0.25) is 13.9 Å². The third-order valence-electron chi connectivity index (χ3n) is 6.03. The molecule has 0 aliphatic carbocycles. The summed E-state index contributed by atoms with van der Waals surface area (Å²) in [5.74, 6) is -0.837. The standard InChI is InChI=1S/C28H32ClN3O4S2/c1-5-30-28(34)21(3)31(18-22-8-10-23(29)11-9-22)27(33)19-32(24-12-6-20(2)7-13-24)38(35,36)26-16-14-25(37-4)15-17-26/h6-17,21H,5,18-19H2,1-4H3,(H,30,34). The molecule has 0 heterocycles. The van der Waals surface area contributed by atoms with Crippen LogP contribution in [-0.2, 0) is 26.2 Å². The highest BCUT2D eigenvalue weighted by molar-refractivity contribution is 7.98. The molecule has 0 bridgehead atoms. The number of rotatable bonds is 11. The van der Waals surface area contributed by atoms with E-state index in [1.807, 2.05) is 13.2 Å². The number of halogens is 1. The normalized spacial score (nSPS) is 12.0. The Bertz CT molecular complexity index is 1350. The highest BCUT2D eigenvalue weighted by Crippen LogP contribution is 2.26. The molecule has 2 amide bonds. The summed E-state index contributed by atoms with van der Waals surface area (Å²) in [7, 11) is -4.10. The zero-order valence-corrected chi connectivity index (χ0v) is 24.2. The average Bonchev–Trinajstić information content (AvgIpc) is 2.91. The molecule has 0 fully saturated rings. The van der Waals surface area contributed by atoms with Crippen LogP contribution in [0.1, 0.15) is 25.0 Å². The van der Waals surface area contributed by atoms with Crippen LogP contribution in [-0.4, -0.2) is 50.5 Å². The number of hydrogen-bond acceptors (Lipinski definition) is 5. The first-order valence-electron chi connectivity index (χ1n) is 12.1. The molecule has 38 heavy (non-hydrogen) atoms. The number of sulfonamides is 1. The fraction of sp³-hybridized carbons (Fsp3) is 0.286. The van der Waals surface area contributed by atoms with Crippen LogP contribution in [0.5, 0.6) is 0 Å². The highest BCUT2D eigenvalue weighted by atomic mass is 35.5. The zero-order chi connectivity index (χ0) is 27.9. The predicted octanol–water partition coefficient (Wildman–Crippen LogP) is 5.12. The van der Waals surface area contributed by atoms with Crippen LogP contribution in [0.2, 0.25) is 5.02 Å². The van der Waals surface area contributed by atoms with Gasteiger partial charge in [0.2, 0.25) is 11.8 Å². The third kappa shape index (κ3) is 7.30. The summed E-state index contributed by atoms with van der Waals surface area (Å²) in [6, 6.07) is 19.6. The summed E-state index contributed by atoms with van der Waals surface area (Å²) in [5.41, 5.74) is 2.07. The smallest absolute Gasteiger partial charge is 0.264 e. The number of anilines is 1. The SMILES string of the molecule is CCNC(=O)C(C)N(Cc1ccc(Cl)cc1)C(=O)CN(c1ccc(C)cc1)S(=O)(=O)c1ccc(SC)cc1. The maximum absolute atomic E-state index is 13.8. The maximum Gasteiger partial charge on any atom is 0.264 e. The Hall–Kier alpha value is -3.01. The minimum absolute atomic E-state index is 0.0738. The van der Waals surface area contributed by atoms with E-state index in [9.17, 15) is 18.0 Å². The lowest BCUT2D eigenvalue weighted by Crippen LogP contribution is -2.51. The minimum Gasteiger partial charge on any atom is -0.355 e. The van der Waals surface area contributed by atoms with Crippen molar-refractivity contribution in [2.24, 2.45) is 0 Å². The van der Waals surface area contributed by atoms with Crippen molar-refractivity contribution in [2.45, 2.75) is 43.1 Å². The number of likely N-dealkylation sites (N-methyl/N-ethyl adjacent to an activating group) is 1. The van der Waals surface area contributed by atoms with Crippen LogP contribution in [0.4, 0.5) is 5.69 Å². The van der Waals surface area contributed by atoms with Crippen LogP contribution in [0.25, 0.3) is 0 Å². The Balaban J connectivity index is 2.01. The molecule has 1 unspecified atom stereocenters. The summed E-state index contributed by atoms with van der Waals surface area (Å²) in [5, 5.41) is 3.29. The first kappa shape index (κ1) is 29.5. The second-order valence-electron chi connectivity index (χ2n) is 8.74. The summed E-state index contributed by atoms with van der Waals surface area (Å²) >= 11 is 7.53. The van der Waals surface area contributed by atoms with Crippen molar-refractivity contribution < 1.29 is 18.0 Å². The number of thioether (sulfide) groups is 1. The van der Waals surface area contributed by atoms with E-state index in [1.54, 1.807) is 74.5 Å². The van der Waals surface area contributed by atoms with Gasteiger partial charge in [-0.2, -0.15) is 0 Å². The van der Waals surface area contributed by atoms with E-state index in [0.29, 0.717) is 17.3 Å². The van der Waals surface area contributed by atoms with E-state index in [4.69, 9.17) is 11.6 Å². The van der Waals surface area contributed by atoms with E-state index in [-0.39, 0.29) is 17.3 Å². The monoisotopic (exact) mass is 573 g/mol. The van der Waals surface area contributed by atoms with Gasteiger partial charge in [0.15, 0.2) is 0 Å². The molecule has 0 aromatic heterocycles. The lowest BCUT2D eigenvalue weighted by Gasteiger charge is -2.32. The molecular formula is C28H32ClN3O4S2. The maximum atomic E-state index is 13.8. The highest BCUT2D eigenvalue weighted by Gasteiger charge is 2.32. The first-order valence-corrected chi connectivity index (χ1v) is 15.2. The van der Waals surface area contributed by atoms with E-state index >= 15 is 0 Å². The lowest BCUT2D eigenvalue weighted by molar-refractivity contribution is -0.139. The van der Waals surface area contributed by atoms with Gasteiger partial charge in [0.1, 0.15) is 12.6 Å². The molecular weight excluding hydrogens is 542 g/mol. The molecule has 0 aliphatic rings. The van der Waals surface area contributed by atoms with Gasteiger partial charge >= 0.3 is 0 Å². The number of carbonyl (C=O) groups is 2. The topological polar surface area (TPSA) is 86.8 Å². The Morgan fingerprint density at radius 3 is 2.13 bits per heavy atom. The van der Waals surface area contributed by atoms with Gasteiger partial charge < -0.3 is 10.2 Å². The lowest BCUT2D eigenvalue weighted by atomic mass is 10.1. The van der Waals surface area contributed by atoms with Crippen molar-refractivity contribution in [3.8, 4) is 0 Å². The Kier molecular flexibility index (Phi) is 10.2. The molecule has 1 N–H and O–H groups in total. The molecule has 3 aromatic rings. The Labute approximate surface area is 234 Å². The summed E-state index contributed by atoms with van der Waals surface area (Å²) in [4.78, 5) is 28.9. The molecule has 202 valence electrons. The van der Waals surface area contributed by atoms with Gasteiger partial charge in [-0.05, 0) is 81.1 Å². The van der Waals surface area contributed by atoms with Crippen molar-refractivity contribution in [3.05, 3.63) is 88.9 Å². The number of benzene rings is 3. The van der Waals surface area contributed by atoms with Crippen molar-refractivity contribution >= 4 is 50.9 Å². The molecule has 7 nitrogen and oxygen atoms in total. The van der Waals surface area contributed by atoms with Crippen LogP contribution in [0.15, 0.2) is 82.6 Å². The van der Waals surface area contributed by atoms with Crippen molar-refractivity contribution in [3.63, 3.8) is 0 Å². The van der Waals surface area contributed by atoms with Gasteiger partial charge in [0.25, 0.3) is 10.0 Å². The molecule has 0 aliphatic heterocycles. The minimum atomic E-state index is -4.10. The molecule has 3 aromatic carbocycles. The Morgan fingerprint density at radius 1 is 0.974 bits per heavy atom. The van der Waals surface area contributed by atoms with Gasteiger partial charge in [0, 0.05) is 23.0 Å². The van der Waals surface area contributed by atoms with Crippen molar-refractivity contribution in [1.82, 2.24) is 10.2 Å². The fourth-order valence-electron chi connectivity index (χ4n) is 3.81. The van der Waals surface area contributed by atoms with Crippen molar-refractivity contribution in [2.75, 3.05) is 23.7 Å². The van der Waals surface area contributed by atoms with Gasteiger partial charge in [0.05, 0.1) is 10.6 Å². The summed E-state index contributed by atoms with van der Waals surface area (Å²) < 4.78 is 28.8. The van der Waals surface area contributed by atoms with Crippen LogP contribution < -0.4 is 9.62 Å². The largest absolute Gasteiger partial charge is 0.355 e. The first-order chi connectivity index (χ1) is 18.1. The van der Waals surface area contributed by atoms with Gasteiger partial charge in [-0.15, -0.1) is 11.8 Å². The molecule has 0 spiro atoms. The number of nitrogens with one attached hydrogen (secondary N) is 1. The molecule has 0 saturated carbocycles. The fourth-order valence-corrected chi connectivity index (χ4v) is 5.75. The third-order valence-corrected chi connectivity index (χ3v) is 8.82. The number of carbonyl (C=O) groups excluding carboxylic acids is 2. The van der Waals surface area contributed by atoms with Crippen LogP contribution in [0, 0.1) is 6.92 Å². The molecule has 0 saturated heterocycles. The molecule has 0 radical (unpaired) electrons. The zero-order valence-electron chi connectivity index (χ0n) is 21.8. The van der Waals surface area contributed by atoms with E-state index in [0.717, 1.165) is 20.3 Å². The van der Waals surface area contributed by atoms with Gasteiger partial charge in [-0.25, -0.2) is 8.42 Å². The van der Waals surface area contributed by atoms with Crippen molar-refractivity contribution in [1.29, 1.82) is 0 Å². The average molecular weight is 574 g/mol. The number of aryl methyl sites for hydroxylation is 1. The number of hydrogen-bond donors (Lipinski definition) is 1. The molecule has 3 rings (SSSR count). The number of amides is 2. The predicted molar refractivity (Wildman–Crippen MR) is 154 cm³/mol. The summed E-state index contributed by atoms with van der Waals surface area (Å²) in [6.45, 7) is 5.36. The molecule has 1 atom stereocenters. The second kappa shape index (κ2) is 13.2. The Morgan fingerprint density at radius 2 is 1.58 bits per heavy atom. The van der Waals surface area contributed by atoms with E-state index < -0.39 is 28.5 Å². The number of nitrogens with zero attached hydrogens (tertiary/aromatic N) is 2. The second-order valence-corrected chi connectivity index (χ2v) is 11.9. The summed E-state index contributed by atoms with van der Waals surface area (Å²) in [6.07, 6.45) is 1.91. The van der Waals surface area contributed by atoms with E-state index in [2.05, 4.69) is 5.32 Å². The van der Waals surface area contributed by atoms with Gasteiger partial charge in [-0.1, -0.05) is 41.4 Å². The van der Waals surface area contributed by atoms with Crippen LogP contribution in [0.3, 0.4) is 0 Å². The quantitative estimate of drug-likeness (QED) is 0.322. The molecule has 10 heteroatoms.